The second kappa shape index (κ2) is 6.40. The third-order valence-corrected chi connectivity index (χ3v) is 5.29. The van der Waals surface area contributed by atoms with Gasteiger partial charge in [0.25, 0.3) is 0 Å². The molecule has 7 heteroatoms. The molecule has 0 unspecified atom stereocenters. The summed E-state index contributed by atoms with van der Waals surface area (Å²) in [5.74, 6) is 0.285. The first-order valence-corrected chi connectivity index (χ1v) is 8.06. The van der Waals surface area contributed by atoms with Crippen LogP contribution in [-0.2, 0) is 4.79 Å². The fourth-order valence-corrected chi connectivity index (χ4v) is 3.62. The van der Waals surface area contributed by atoms with E-state index in [1.807, 2.05) is 31.2 Å². The van der Waals surface area contributed by atoms with Gasteiger partial charge >= 0.3 is 0 Å². The highest BCUT2D eigenvalue weighted by Gasteiger charge is 2.10. The Morgan fingerprint density at radius 1 is 1.53 bits per heavy atom. The molecule has 0 bridgehead atoms. The van der Waals surface area contributed by atoms with E-state index in [-0.39, 0.29) is 5.91 Å². The summed E-state index contributed by atoms with van der Waals surface area (Å²) >= 11 is 6.25. The lowest BCUT2D eigenvalue weighted by Gasteiger charge is -2.06. The van der Waals surface area contributed by atoms with Gasteiger partial charge in [-0.1, -0.05) is 23.5 Å². The first-order valence-electron chi connectivity index (χ1n) is 5.46. The largest absolute Gasteiger partial charge is 0.375 e. The average molecular weight is 358 g/mol. The highest BCUT2D eigenvalue weighted by atomic mass is 79.9. The number of halogens is 1. The maximum atomic E-state index is 11.9. The predicted molar refractivity (Wildman–Crippen MR) is 84.8 cm³/mol. The number of benzene rings is 1. The number of carbonyl (C=O) groups is 1. The third-order valence-electron chi connectivity index (χ3n) is 2.25. The number of hydrogen-bond donors (Lipinski definition) is 2. The van der Waals surface area contributed by atoms with Crippen molar-refractivity contribution in [2.24, 2.45) is 0 Å². The second-order valence-electron chi connectivity index (χ2n) is 3.74. The monoisotopic (exact) mass is 357 g/mol. The van der Waals surface area contributed by atoms with Gasteiger partial charge in [-0.15, -0.1) is 11.8 Å². The molecule has 1 heterocycles. The molecule has 0 spiro atoms. The highest BCUT2D eigenvalue weighted by molar-refractivity contribution is 9.10. The second-order valence-corrected chi connectivity index (χ2v) is 6.87. The van der Waals surface area contributed by atoms with Crippen molar-refractivity contribution < 1.29 is 4.79 Å². The van der Waals surface area contributed by atoms with Crippen LogP contribution in [0.5, 0.6) is 0 Å². The molecule has 0 radical (unpaired) electrons. The van der Waals surface area contributed by atoms with E-state index in [1.165, 1.54) is 23.1 Å². The molecule has 1 aromatic heterocycles. The van der Waals surface area contributed by atoms with Crippen LogP contribution in [0.15, 0.2) is 32.9 Å². The molecule has 0 fully saturated rings. The van der Waals surface area contributed by atoms with Crippen molar-refractivity contribution in [3.05, 3.63) is 34.4 Å². The molecule has 1 aromatic carbocycles. The zero-order valence-electron chi connectivity index (χ0n) is 10.1. The van der Waals surface area contributed by atoms with Crippen molar-refractivity contribution in [3.63, 3.8) is 0 Å². The molecule has 0 saturated carbocycles. The Hall–Kier alpha value is -1.05. The number of thiazole rings is 1. The Morgan fingerprint density at radius 3 is 2.89 bits per heavy atom. The molecule has 4 nitrogen and oxygen atoms in total. The number of hydrogen-bond acceptors (Lipinski definition) is 5. The number of nitrogens with zero attached hydrogens (tertiary/aromatic N) is 1. The molecule has 2 aromatic rings. The molecular formula is C12H12BrN3OS2. The van der Waals surface area contributed by atoms with Crippen molar-refractivity contribution in [1.82, 2.24) is 4.98 Å². The number of carbonyl (C=O) groups excluding carboxylic acids is 1. The lowest BCUT2D eigenvalue weighted by Crippen LogP contribution is -2.14. The van der Waals surface area contributed by atoms with Gasteiger partial charge in [-0.05, 0) is 35.0 Å². The Labute approximate surface area is 127 Å². The minimum Gasteiger partial charge on any atom is -0.375 e. The number of rotatable bonds is 4. The molecule has 0 atom stereocenters. The van der Waals surface area contributed by atoms with Crippen LogP contribution in [0.3, 0.4) is 0 Å². The molecule has 1 amide bonds. The highest BCUT2D eigenvalue weighted by Crippen LogP contribution is 2.30. The van der Waals surface area contributed by atoms with E-state index in [1.54, 1.807) is 0 Å². The summed E-state index contributed by atoms with van der Waals surface area (Å²) in [6.45, 7) is 1.89. The van der Waals surface area contributed by atoms with E-state index in [2.05, 4.69) is 26.2 Å². The third kappa shape index (κ3) is 3.95. The van der Waals surface area contributed by atoms with Gasteiger partial charge in [-0.25, -0.2) is 4.98 Å². The standard InChI is InChI=1S/C12H12BrN3OS2/c1-7-11(19-12(14)15-7)18-6-10(17)16-9-5-3-2-4-8(9)13/h2-5H,6H2,1H3,(H2,14,15)(H,16,17). The molecule has 0 saturated heterocycles. The summed E-state index contributed by atoms with van der Waals surface area (Å²) in [6.07, 6.45) is 0. The summed E-state index contributed by atoms with van der Waals surface area (Å²) < 4.78 is 1.85. The van der Waals surface area contributed by atoms with E-state index in [9.17, 15) is 4.79 Å². The minimum absolute atomic E-state index is 0.0525. The van der Waals surface area contributed by atoms with Crippen LogP contribution in [0.4, 0.5) is 10.8 Å². The molecule has 100 valence electrons. The van der Waals surface area contributed by atoms with E-state index in [4.69, 9.17) is 5.73 Å². The number of anilines is 2. The van der Waals surface area contributed by atoms with Crippen molar-refractivity contribution in [1.29, 1.82) is 0 Å². The molecule has 0 aliphatic heterocycles. The predicted octanol–water partition coefficient (Wildman–Crippen LogP) is 3.53. The van der Waals surface area contributed by atoms with Crippen LogP contribution in [-0.4, -0.2) is 16.6 Å². The Morgan fingerprint density at radius 2 is 2.26 bits per heavy atom. The van der Waals surface area contributed by atoms with E-state index >= 15 is 0 Å². The fraction of sp³-hybridized carbons (Fsp3) is 0.167. The van der Waals surface area contributed by atoms with Gasteiger partial charge < -0.3 is 11.1 Å². The number of para-hydroxylation sites is 1. The number of thioether (sulfide) groups is 1. The van der Waals surface area contributed by atoms with E-state index in [0.29, 0.717) is 10.9 Å². The van der Waals surface area contributed by atoms with Crippen LogP contribution >= 0.6 is 39.0 Å². The summed E-state index contributed by atoms with van der Waals surface area (Å²) in [5.41, 5.74) is 7.26. The first kappa shape index (κ1) is 14.4. The van der Waals surface area contributed by atoms with E-state index < -0.39 is 0 Å². The number of aryl methyl sites for hydroxylation is 1. The summed E-state index contributed by atoms with van der Waals surface area (Å²) in [4.78, 5) is 16.0. The Bertz CT molecular complexity index is 600. The zero-order valence-corrected chi connectivity index (χ0v) is 13.4. The number of nitrogens with one attached hydrogen (secondary N) is 1. The van der Waals surface area contributed by atoms with Gasteiger partial charge in [0, 0.05) is 4.47 Å². The van der Waals surface area contributed by atoms with Gasteiger partial charge in [-0.3, -0.25) is 4.79 Å². The van der Waals surface area contributed by atoms with Gasteiger partial charge in [-0.2, -0.15) is 0 Å². The summed E-state index contributed by atoms with van der Waals surface area (Å²) in [7, 11) is 0. The topological polar surface area (TPSA) is 68.0 Å². The normalized spacial score (nSPS) is 10.4. The fourth-order valence-electron chi connectivity index (χ4n) is 1.42. The first-order chi connectivity index (χ1) is 9.06. The quantitative estimate of drug-likeness (QED) is 0.821. The number of aromatic nitrogens is 1. The number of amides is 1. The van der Waals surface area contributed by atoms with Crippen molar-refractivity contribution in [2.45, 2.75) is 11.1 Å². The minimum atomic E-state index is -0.0525. The number of nitrogen functional groups attached to an aromatic ring is 1. The van der Waals surface area contributed by atoms with Gasteiger partial charge in [0.1, 0.15) is 0 Å². The Kier molecular flexibility index (Phi) is 4.84. The Balaban J connectivity index is 1.92. The van der Waals surface area contributed by atoms with Crippen molar-refractivity contribution in [2.75, 3.05) is 16.8 Å². The maximum Gasteiger partial charge on any atom is 0.234 e. The lowest BCUT2D eigenvalue weighted by atomic mass is 10.3. The lowest BCUT2D eigenvalue weighted by molar-refractivity contribution is -0.113. The van der Waals surface area contributed by atoms with Crippen LogP contribution < -0.4 is 11.1 Å². The van der Waals surface area contributed by atoms with Crippen LogP contribution in [0.1, 0.15) is 5.69 Å². The van der Waals surface area contributed by atoms with Crippen LogP contribution in [0.25, 0.3) is 0 Å². The van der Waals surface area contributed by atoms with Crippen LogP contribution in [0.2, 0.25) is 0 Å². The van der Waals surface area contributed by atoms with Gasteiger partial charge in [0.2, 0.25) is 5.91 Å². The molecule has 0 aliphatic rings. The zero-order chi connectivity index (χ0) is 13.8. The molecule has 2 rings (SSSR count). The van der Waals surface area contributed by atoms with E-state index in [0.717, 1.165) is 20.1 Å². The number of nitrogens with two attached hydrogens (primary N) is 1. The van der Waals surface area contributed by atoms with Gasteiger partial charge in [0.15, 0.2) is 5.13 Å². The molecule has 3 N–H and O–H groups in total. The molecule has 0 aliphatic carbocycles. The van der Waals surface area contributed by atoms with Crippen molar-refractivity contribution in [3.8, 4) is 0 Å². The average Bonchev–Trinajstić information content (AvgIpc) is 2.68. The summed E-state index contributed by atoms with van der Waals surface area (Å²) in [5, 5.41) is 3.39. The SMILES string of the molecule is Cc1nc(N)sc1SCC(=O)Nc1ccccc1Br. The maximum absolute atomic E-state index is 11.9. The molecule has 19 heavy (non-hydrogen) atoms. The summed E-state index contributed by atoms with van der Waals surface area (Å²) in [6, 6.07) is 7.51. The smallest absolute Gasteiger partial charge is 0.234 e. The van der Waals surface area contributed by atoms with Crippen LogP contribution in [0, 0.1) is 6.92 Å². The van der Waals surface area contributed by atoms with Crippen molar-refractivity contribution >= 4 is 55.8 Å². The molecular weight excluding hydrogens is 346 g/mol. The van der Waals surface area contributed by atoms with Gasteiger partial charge in [0.05, 0.1) is 21.3 Å².